The fourth-order valence-corrected chi connectivity index (χ4v) is 3.33. The molecule has 4 rings (SSSR count). The van der Waals surface area contributed by atoms with Gasteiger partial charge in [-0.2, -0.15) is 5.10 Å². The van der Waals surface area contributed by atoms with E-state index in [0.717, 1.165) is 28.5 Å². The number of nitrogens with zero attached hydrogens (tertiary/aromatic N) is 4. The highest BCUT2D eigenvalue weighted by Gasteiger charge is 2.21. The van der Waals surface area contributed by atoms with Crippen LogP contribution in [0.1, 0.15) is 11.4 Å². The molecule has 1 aliphatic heterocycles. The third-order valence-corrected chi connectivity index (χ3v) is 4.81. The molecule has 2 aromatic carbocycles. The second-order valence-electron chi connectivity index (χ2n) is 6.60. The second kappa shape index (κ2) is 7.61. The van der Waals surface area contributed by atoms with E-state index in [1.165, 1.54) is 0 Å². The Balaban J connectivity index is 1.42. The van der Waals surface area contributed by atoms with Crippen molar-refractivity contribution in [3.8, 4) is 17.1 Å². The number of hydrogen-bond acceptors (Lipinski definition) is 4. The van der Waals surface area contributed by atoms with E-state index in [9.17, 15) is 4.79 Å². The lowest BCUT2D eigenvalue weighted by atomic mass is 10.1. The van der Waals surface area contributed by atoms with Gasteiger partial charge in [0.15, 0.2) is 5.82 Å². The normalized spacial score (nSPS) is 13.7. The fourth-order valence-electron chi connectivity index (χ4n) is 3.33. The zero-order valence-electron chi connectivity index (χ0n) is 15.3. The Labute approximate surface area is 158 Å². The van der Waals surface area contributed by atoms with Crippen molar-refractivity contribution in [2.24, 2.45) is 0 Å². The summed E-state index contributed by atoms with van der Waals surface area (Å²) in [5.74, 6) is 2.58. The molecule has 0 radical (unpaired) electrons. The molecule has 27 heavy (non-hydrogen) atoms. The topological polar surface area (TPSA) is 60.2 Å². The summed E-state index contributed by atoms with van der Waals surface area (Å²) in [6.07, 6.45) is 1.09. The van der Waals surface area contributed by atoms with Gasteiger partial charge in [0.2, 0.25) is 5.91 Å². The number of fused-ring (bicyclic) bond motifs is 1. The molecule has 0 bridgehead atoms. The minimum atomic E-state index is 0.122. The van der Waals surface area contributed by atoms with E-state index in [4.69, 9.17) is 4.74 Å². The maximum absolute atomic E-state index is 12.7. The molecule has 0 unspecified atom stereocenters. The molecular weight excluding hydrogens is 340 g/mol. The van der Waals surface area contributed by atoms with Crippen molar-refractivity contribution in [3.05, 3.63) is 66.0 Å². The molecule has 0 aliphatic carbocycles. The summed E-state index contributed by atoms with van der Waals surface area (Å²) in [6.45, 7) is 1.97. The maximum atomic E-state index is 12.7. The Morgan fingerprint density at radius 3 is 2.74 bits per heavy atom. The number of aromatic nitrogens is 3. The molecule has 3 aromatic rings. The average molecular weight is 362 g/mol. The largest absolute Gasteiger partial charge is 0.497 e. The number of benzene rings is 2. The first kappa shape index (κ1) is 17.3. The third kappa shape index (κ3) is 3.84. The van der Waals surface area contributed by atoms with Crippen LogP contribution in [0.15, 0.2) is 54.6 Å². The molecule has 1 amide bonds. The summed E-state index contributed by atoms with van der Waals surface area (Å²) in [4.78, 5) is 19.3. The van der Waals surface area contributed by atoms with Gasteiger partial charge in [-0.15, -0.1) is 0 Å². The van der Waals surface area contributed by atoms with E-state index in [1.807, 2.05) is 64.2 Å². The number of methoxy groups -OCH3 is 1. The predicted molar refractivity (Wildman–Crippen MR) is 102 cm³/mol. The summed E-state index contributed by atoms with van der Waals surface area (Å²) in [5.41, 5.74) is 1.98. The highest BCUT2D eigenvalue weighted by atomic mass is 16.5. The predicted octanol–water partition coefficient (Wildman–Crippen LogP) is 2.58. The quantitative estimate of drug-likeness (QED) is 0.716. The van der Waals surface area contributed by atoms with E-state index < -0.39 is 0 Å². The number of hydrogen-bond donors (Lipinski definition) is 0. The van der Waals surface area contributed by atoms with Crippen LogP contribution in [0.2, 0.25) is 0 Å². The molecule has 0 fully saturated rings. The molecule has 1 aliphatic rings. The molecule has 1 aromatic heterocycles. The van der Waals surface area contributed by atoms with Crippen LogP contribution in [-0.2, 0) is 24.2 Å². The van der Waals surface area contributed by atoms with Gasteiger partial charge in [0.25, 0.3) is 0 Å². The van der Waals surface area contributed by atoms with Gasteiger partial charge in [-0.3, -0.25) is 4.79 Å². The van der Waals surface area contributed by atoms with Gasteiger partial charge in [-0.05, 0) is 17.7 Å². The zero-order chi connectivity index (χ0) is 18.6. The Kier molecular flexibility index (Phi) is 4.87. The number of carbonyl (C=O) groups excluding carboxylic acids is 1. The smallest absolute Gasteiger partial charge is 0.227 e. The van der Waals surface area contributed by atoms with Crippen molar-refractivity contribution >= 4 is 5.91 Å². The fraction of sp³-hybridized carbons (Fsp3) is 0.286. The maximum Gasteiger partial charge on any atom is 0.227 e. The third-order valence-electron chi connectivity index (χ3n) is 4.81. The molecule has 6 nitrogen and oxygen atoms in total. The molecule has 0 saturated heterocycles. The van der Waals surface area contributed by atoms with Crippen LogP contribution in [0.5, 0.6) is 5.75 Å². The van der Waals surface area contributed by atoms with E-state index in [1.54, 1.807) is 7.11 Å². The highest BCUT2D eigenvalue weighted by molar-refractivity contribution is 5.79. The van der Waals surface area contributed by atoms with Crippen molar-refractivity contribution in [1.29, 1.82) is 0 Å². The average Bonchev–Trinajstić information content (AvgIpc) is 3.01. The zero-order valence-corrected chi connectivity index (χ0v) is 15.3. The lowest BCUT2D eigenvalue weighted by molar-refractivity contribution is -0.130. The van der Waals surface area contributed by atoms with Crippen molar-refractivity contribution in [2.75, 3.05) is 20.2 Å². The minimum absolute atomic E-state index is 0.122. The Bertz CT molecular complexity index is 911. The standard InChI is InChI=1S/C21H22N4O2/c1-27-18-9-5-6-16(14-18)15-20(26)24-11-10-19-22-21(23-25(19)13-12-24)17-7-3-2-4-8-17/h2-9,14H,10-13,15H2,1H3. The van der Waals surface area contributed by atoms with Crippen LogP contribution in [0, 0.1) is 0 Å². The monoisotopic (exact) mass is 362 g/mol. The van der Waals surface area contributed by atoms with Gasteiger partial charge in [0, 0.05) is 25.1 Å². The van der Waals surface area contributed by atoms with Crippen LogP contribution >= 0.6 is 0 Å². The molecular formula is C21H22N4O2. The Hall–Kier alpha value is -3.15. The molecule has 0 spiro atoms. The summed E-state index contributed by atoms with van der Waals surface area (Å²) in [6, 6.07) is 17.6. The van der Waals surface area contributed by atoms with Crippen LogP contribution < -0.4 is 4.74 Å². The van der Waals surface area contributed by atoms with Crippen molar-refractivity contribution in [2.45, 2.75) is 19.4 Å². The Morgan fingerprint density at radius 2 is 1.93 bits per heavy atom. The van der Waals surface area contributed by atoms with Crippen LogP contribution in [0.4, 0.5) is 0 Å². The molecule has 0 N–H and O–H groups in total. The summed E-state index contributed by atoms with van der Waals surface area (Å²) in [5, 5.41) is 4.63. The molecule has 2 heterocycles. The first-order valence-electron chi connectivity index (χ1n) is 9.13. The number of carbonyl (C=O) groups is 1. The minimum Gasteiger partial charge on any atom is -0.497 e. The van der Waals surface area contributed by atoms with E-state index in [-0.39, 0.29) is 5.91 Å². The van der Waals surface area contributed by atoms with Gasteiger partial charge < -0.3 is 9.64 Å². The van der Waals surface area contributed by atoms with Crippen LogP contribution in [0.25, 0.3) is 11.4 Å². The highest BCUT2D eigenvalue weighted by Crippen LogP contribution is 2.18. The van der Waals surface area contributed by atoms with Crippen LogP contribution in [-0.4, -0.2) is 45.8 Å². The van der Waals surface area contributed by atoms with Gasteiger partial charge in [0.1, 0.15) is 11.6 Å². The number of ether oxygens (including phenoxy) is 1. The Morgan fingerprint density at radius 1 is 1.07 bits per heavy atom. The van der Waals surface area contributed by atoms with Gasteiger partial charge in [-0.25, -0.2) is 9.67 Å². The van der Waals surface area contributed by atoms with E-state index in [0.29, 0.717) is 32.5 Å². The second-order valence-corrected chi connectivity index (χ2v) is 6.60. The SMILES string of the molecule is COc1cccc(CC(=O)N2CCc3nc(-c4ccccc4)nn3CC2)c1. The van der Waals surface area contributed by atoms with E-state index in [2.05, 4.69) is 10.1 Å². The van der Waals surface area contributed by atoms with Crippen molar-refractivity contribution in [1.82, 2.24) is 19.7 Å². The molecule has 0 atom stereocenters. The van der Waals surface area contributed by atoms with Crippen molar-refractivity contribution < 1.29 is 9.53 Å². The molecule has 0 saturated carbocycles. The summed E-state index contributed by atoms with van der Waals surface area (Å²) < 4.78 is 7.17. The van der Waals surface area contributed by atoms with Gasteiger partial charge >= 0.3 is 0 Å². The molecule has 138 valence electrons. The number of rotatable bonds is 4. The number of amides is 1. The van der Waals surface area contributed by atoms with Crippen molar-refractivity contribution in [3.63, 3.8) is 0 Å². The lowest BCUT2D eigenvalue weighted by Gasteiger charge is -2.20. The first-order chi connectivity index (χ1) is 13.2. The van der Waals surface area contributed by atoms with E-state index >= 15 is 0 Å². The van der Waals surface area contributed by atoms with Gasteiger partial charge in [0.05, 0.1) is 20.1 Å². The summed E-state index contributed by atoms with van der Waals surface area (Å²) in [7, 11) is 1.63. The lowest BCUT2D eigenvalue weighted by Crippen LogP contribution is -2.34. The van der Waals surface area contributed by atoms with Gasteiger partial charge in [-0.1, -0.05) is 42.5 Å². The summed E-state index contributed by atoms with van der Waals surface area (Å²) >= 11 is 0. The first-order valence-corrected chi connectivity index (χ1v) is 9.13. The molecule has 6 heteroatoms. The van der Waals surface area contributed by atoms with Crippen LogP contribution in [0.3, 0.4) is 0 Å².